The Morgan fingerprint density at radius 1 is 1.29 bits per heavy atom. The Morgan fingerprint density at radius 2 is 2.14 bits per heavy atom. The van der Waals surface area contributed by atoms with Crippen LogP contribution in [0.4, 0.5) is 0 Å². The maximum atomic E-state index is 6.07. The van der Waals surface area contributed by atoms with Crippen molar-refractivity contribution in [2.45, 2.75) is 57.8 Å². The Balaban J connectivity index is 1.83. The maximum absolute atomic E-state index is 6.07. The molecule has 0 radical (unpaired) electrons. The first-order valence-electron chi connectivity index (χ1n) is 8.44. The summed E-state index contributed by atoms with van der Waals surface area (Å²) in [5, 5.41) is 3.68. The predicted octanol–water partition coefficient (Wildman–Crippen LogP) is 3.69. The van der Waals surface area contributed by atoms with E-state index in [1.807, 2.05) is 0 Å². The van der Waals surface area contributed by atoms with E-state index in [0.717, 1.165) is 25.3 Å². The molecular formula is C18H27NO2. The van der Waals surface area contributed by atoms with Gasteiger partial charge in [-0.2, -0.15) is 0 Å². The minimum absolute atomic E-state index is 0.346. The smallest absolute Gasteiger partial charge is 0.124 e. The molecule has 116 valence electrons. The highest BCUT2D eigenvalue weighted by atomic mass is 16.5. The van der Waals surface area contributed by atoms with Crippen LogP contribution in [0.15, 0.2) is 24.3 Å². The number of benzene rings is 1. The van der Waals surface area contributed by atoms with E-state index in [9.17, 15) is 0 Å². The molecule has 4 atom stereocenters. The first-order valence-corrected chi connectivity index (χ1v) is 8.44. The van der Waals surface area contributed by atoms with Crippen LogP contribution in [0.2, 0.25) is 0 Å². The lowest BCUT2D eigenvalue weighted by Gasteiger charge is -2.30. The van der Waals surface area contributed by atoms with E-state index in [1.54, 1.807) is 0 Å². The van der Waals surface area contributed by atoms with Gasteiger partial charge in [0.2, 0.25) is 0 Å². The Morgan fingerprint density at radius 3 is 2.81 bits per heavy atom. The molecule has 2 fully saturated rings. The Hall–Kier alpha value is -1.06. The highest BCUT2D eigenvalue weighted by Gasteiger charge is 2.45. The number of rotatable bonds is 7. The van der Waals surface area contributed by atoms with Crippen molar-refractivity contribution in [1.29, 1.82) is 0 Å². The average molecular weight is 289 g/mol. The van der Waals surface area contributed by atoms with Gasteiger partial charge in [-0.05, 0) is 38.3 Å². The van der Waals surface area contributed by atoms with E-state index in [-0.39, 0.29) is 0 Å². The van der Waals surface area contributed by atoms with Gasteiger partial charge >= 0.3 is 0 Å². The third kappa shape index (κ3) is 3.09. The fourth-order valence-electron chi connectivity index (χ4n) is 3.82. The second-order valence-corrected chi connectivity index (χ2v) is 6.20. The summed E-state index contributed by atoms with van der Waals surface area (Å²) in [6.07, 6.45) is 5.61. The molecule has 1 aromatic rings. The van der Waals surface area contributed by atoms with Crippen molar-refractivity contribution < 1.29 is 9.47 Å². The summed E-state index contributed by atoms with van der Waals surface area (Å²) in [4.78, 5) is 0. The summed E-state index contributed by atoms with van der Waals surface area (Å²) in [7, 11) is 0. The van der Waals surface area contributed by atoms with Gasteiger partial charge in [0.1, 0.15) is 5.75 Å². The van der Waals surface area contributed by atoms with E-state index in [4.69, 9.17) is 9.47 Å². The summed E-state index contributed by atoms with van der Waals surface area (Å²) in [6.45, 7) is 6.08. The van der Waals surface area contributed by atoms with Crippen LogP contribution in [0.25, 0.3) is 0 Å². The van der Waals surface area contributed by atoms with Crippen molar-refractivity contribution in [3.8, 4) is 5.75 Å². The lowest BCUT2D eigenvalue weighted by molar-refractivity contribution is 0.0855. The number of para-hydroxylation sites is 1. The number of nitrogens with one attached hydrogen (secondary N) is 1. The monoisotopic (exact) mass is 289 g/mol. The molecule has 4 unspecified atom stereocenters. The van der Waals surface area contributed by atoms with Gasteiger partial charge in [0, 0.05) is 17.5 Å². The third-order valence-corrected chi connectivity index (χ3v) is 4.72. The van der Waals surface area contributed by atoms with Gasteiger partial charge in [-0.1, -0.05) is 32.0 Å². The molecule has 0 aromatic heterocycles. The number of hydrogen-bond acceptors (Lipinski definition) is 3. The molecule has 3 nitrogen and oxygen atoms in total. The zero-order valence-corrected chi connectivity index (χ0v) is 13.2. The van der Waals surface area contributed by atoms with Gasteiger partial charge in [0.15, 0.2) is 0 Å². The number of ether oxygens (including phenoxy) is 2. The summed E-state index contributed by atoms with van der Waals surface area (Å²) < 4.78 is 12.0. The zero-order chi connectivity index (χ0) is 14.7. The van der Waals surface area contributed by atoms with Crippen LogP contribution in [0.1, 0.15) is 51.1 Å². The second-order valence-electron chi connectivity index (χ2n) is 6.20. The SMILES string of the molecule is CCCOc1ccccc1C(NCC)C1CC2CCC1O2. The molecule has 0 spiro atoms. The van der Waals surface area contributed by atoms with E-state index >= 15 is 0 Å². The van der Waals surface area contributed by atoms with Crippen molar-refractivity contribution in [2.24, 2.45) is 5.92 Å². The van der Waals surface area contributed by atoms with Crippen LogP contribution in [0.5, 0.6) is 5.75 Å². The molecule has 1 N–H and O–H groups in total. The van der Waals surface area contributed by atoms with Crippen molar-refractivity contribution in [1.82, 2.24) is 5.32 Å². The normalized spacial score (nSPS) is 28.8. The van der Waals surface area contributed by atoms with Crippen molar-refractivity contribution in [2.75, 3.05) is 13.2 Å². The molecule has 1 aromatic carbocycles. The van der Waals surface area contributed by atoms with E-state index in [2.05, 4.69) is 43.4 Å². The molecule has 21 heavy (non-hydrogen) atoms. The molecule has 0 aliphatic carbocycles. The first-order chi connectivity index (χ1) is 10.3. The lowest BCUT2D eigenvalue weighted by atomic mass is 9.80. The average Bonchev–Trinajstić information content (AvgIpc) is 3.14. The van der Waals surface area contributed by atoms with Crippen LogP contribution in [-0.2, 0) is 4.74 Å². The van der Waals surface area contributed by atoms with E-state index in [0.29, 0.717) is 24.2 Å². The van der Waals surface area contributed by atoms with Crippen molar-refractivity contribution >= 4 is 0 Å². The van der Waals surface area contributed by atoms with Crippen LogP contribution < -0.4 is 10.1 Å². The molecule has 3 heteroatoms. The zero-order valence-electron chi connectivity index (χ0n) is 13.2. The number of hydrogen-bond donors (Lipinski definition) is 1. The van der Waals surface area contributed by atoms with Gasteiger partial charge in [-0.15, -0.1) is 0 Å². The van der Waals surface area contributed by atoms with Gasteiger partial charge in [-0.3, -0.25) is 0 Å². The summed E-state index contributed by atoms with van der Waals surface area (Å²) >= 11 is 0. The van der Waals surface area contributed by atoms with Crippen molar-refractivity contribution in [3.63, 3.8) is 0 Å². The van der Waals surface area contributed by atoms with Gasteiger partial charge in [-0.25, -0.2) is 0 Å². The summed E-state index contributed by atoms with van der Waals surface area (Å²) in [6, 6.07) is 8.84. The minimum Gasteiger partial charge on any atom is -0.493 e. The Labute approximate surface area is 128 Å². The largest absolute Gasteiger partial charge is 0.493 e. The Kier molecular flexibility index (Phi) is 4.81. The fourth-order valence-corrected chi connectivity index (χ4v) is 3.82. The molecule has 2 aliphatic heterocycles. The Bertz CT molecular complexity index is 462. The topological polar surface area (TPSA) is 30.5 Å². The van der Waals surface area contributed by atoms with Crippen LogP contribution in [0.3, 0.4) is 0 Å². The molecule has 0 saturated carbocycles. The summed E-state index contributed by atoms with van der Waals surface area (Å²) in [5.74, 6) is 1.61. The predicted molar refractivity (Wildman–Crippen MR) is 84.6 cm³/mol. The maximum Gasteiger partial charge on any atom is 0.124 e. The molecular weight excluding hydrogens is 262 g/mol. The van der Waals surface area contributed by atoms with Crippen molar-refractivity contribution in [3.05, 3.63) is 29.8 Å². The third-order valence-electron chi connectivity index (χ3n) is 4.72. The van der Waals surface area contributed by atoms with Crippen LogP contribution in [-0.4, -0.2) is 25.4 Å². The molecule has 2 aliphatic rings. The molecule has 2 heterocycles. The molecule has 2 saturated heterocycles. The quantitative estimate of drug-likeness (QED) is 0.830. The standard InChI is InChI=1S/C18H27NO2/c1-3-11-20-16-8-6-5-7-14(16)18(19-4-2)15-12-13-9-10-17(15)21-13/h5-8,13,15,17-19H,3-4,9-12H2,1-2H3. The van der Waals surface area contributed by atoms with Crippen LogP contribution in [0, 0.1) is 5.92 Å². The second kappa shape index (κ2) is 6.80. The highest BCUT2D eigenvalue weighted by Crippen LogP contribution is 2.46. The van der Waals surface area contributed by atoms with Gasteiger partial charge in [0.05, 0.1) is 18.8 Å². The number of fused-ring (bicyclic) bond motifs is 2. The van der Waals surface area contributed by atoms with Gasteiger partial charge < -0.3 is 14.8 Å². The fraction of sp³-hybridized carbons (Fsp3) is 0.667. The molecule has 2 bridgehead atoms. The highest BCUT2D eigenvalue weighted by molar-refractivity contribution is 5.37. The van der Waals surface area contributed by atoms with E-state index < -0.39 is 0 Å². The molecule has 0 amide bonds. The first kappa shape index (κ1) is 14.9. The molecule has 3 rings (SSSR count). The van der Waals surface area contributed by atoms with Gasteiger partial charge in [0.25, 0.3) is 0 Å². The minimum atomic E-state index is 0.346. The summed E-state index contributed by atoms with van der Waals surface area (Å²) in [5.41, 5.74) is 1.30. The van der Waals surface area contributed by atoms with E-state index in [1.165, 1.54) is 24.8 Å². The lowest BCUT2D eigenvalue weighted by Crippen LogP contribution is -2.34. The van der Waals surface area contributed by atoms with Crippen LogP contribution >= 0.6 is 0 Å².